The molecule has 0 bridgehead atoms. The van der Waals surface area contributed by atoms with Crippen LogP contribution in [0.25, 0.3) is 0 Å². The van der Waals surface area contributed by atoms with E-state index in [1.165, 1.54) is 11.8 Å². The molecule has 2 aromatic rings. The first-order valence-electron chi connectivity index (χ1n) is 7.04. The fraction of sp³-hybridized carbons (Fsp3) is 0.333. The van der Waals surface area contributed by atoms with Gasteiger partial charge in [-0.1, -0.05) is 63.2 Å². The maximum Gasteiger partial charge on any atom is 0.175 e. The first-order chi connectivity index (χ1) is 9.69. The van der Waals surface area contributed by atoms with Crippen molar-refractivity contribution in [1.29, 1.82) is 0 Å². The average molecular weight is 302 g/mol. The van der Waals surface area contributed by atoms with E-state index in [2.05, 4.69) is 32.9 Å². The third-order valence-corrected chi connectivity index (χ3v) is 4.77. The Morgan fingerprint density at radius 1 is 0.810 bits per heavy atom. The van der Waals surface area contributed by atoms with Crippen molar-refractivity contribution in [2.45, 2.75) is 31.6 Å². The summed E-state index contributed by atoms with van der Waals surface area (Å²) in [5.74, 6) is 0.229. The van der Waals surface area contributed by atoms with Gasteiger partial charge < -0.3 is 0 Å². The molecule has 0 fully saturated rings. The highest BCUT2D eigenvalue weighted by Crippen LogP contribution is 2.40. The molecular weight excluding hydrogens is 280 g/mol. The van der Waals surface area contributed by atoms with Crippen molar-refractivity contribution in [2.75, 3.05) is 6.26 Å². The van der Waals surface area contributed by atoms with Gasteiger partial charge in [-0.15, -0.1) is 0 Å². The molecule has 3 heteroatoms. The third kappa shape index (κ3) is 3.73. The number of benzene rings is 2. The average Bonchev–Trinajstić information content (AvgIpc) is 2.38. The molecule has 0 aliphatic rings. The summed E-state index contributed by atoms with van der Waals surface area (Å²) in [4.78, 5) is 0.368. The van der Waals surface area contributed by atoms with Crippen LogP contribution in [0.5, 0.6) is 0 Å². The van der Waals surface area contributed by atoms with Gasteiger partial charge in [0.1, 0.15) is 0 Å². The van der Waals surface area contributed by atoms with Crippen LogP contribution in [-0.2, 0) is 9.84 Å². The Hall–Kier alpha value is -1.61. The van der Waals surface area contributed by atoms with E-state index in [0.29, 0.717) is 4.90 Å². The Morgan fingerprint density at radius 2 is 1.29 bits per heavy atom. The summed E-state index contributed by atoms with van der Waals surface area (Å²) < 4.78 is 23.2. The van der Waals surface area contributed by atoms with Crippen LogP contribution >= 0.6 is 0 Å². The normalized spacial score (nSPS) is 13.9. The minimum Gasteiger partial charge on any atom is -0.224 e. The number of hydrogen-bond acceptors (Lipinski definition) is 2. The third-order valence-electron chi connectivity index (χ3n) is 3.64. The van der Waals surface area contributed by atoms with Crippen molar-refractivity contribution in [3.63, 3.8) is 0 Å². The van der Waals surface area contributed by atoms with Gasteiger partial charge in [-0.3, -0.25) is 0 Å². The van der Waals surface area contributed by atoms with Gasteiger partial charge >= 0.3 is 0 Å². The molecule has 112 valence electrons. The zero-order valence-electron chi connectivity index (χ0n) is 13.0. The van der Waals surface area contributed by atoms with Gasteiger partial charge in [0.25, 0.3) is 0 Å². The molecule has 2 nitrogen and oxygen atoms in total. The van der Waals surface area contributed by atoms with Crippen LogP contribution in [-0.4, -0.2) is 14.7 Å². The molecule has 0 saturated carbocycles. The second-order valence-electron chi connectivity index (χ2n) is 6.55. The molecule has 2 rings (SSSR count). The smallest absolute Gasteiger partial charge is 0.175 e. The first-order valence-corrected chi connectivity index (χ1v) is 8.94. The molecular formula is C18H22O2S. The topological polar surface area (TPSA) is 34.1 Å². The molecule has 2 aromatic carbocycles. The Morgan fingerprint density at radius 3 is 1.71 bits per heavy atom. The number of hydrogen-bond donors (Lipinski definition) is 0. The molecule has 0 saturated heterocycles. The van der Waals surface area contributed by atoms with E-state index >= 15 is 0 Å². The SMILES string of the molecule is CC(C)(C)[C@@H](c1ccccc1)c1ccc(S(C)(=O)=O)cc1. The summed E-state index contributed by atoms with van der Waals surface area (Å²) in [7, 11) is -3.15. The minimum absolute atomic E-state index is 0.0496. The number of sulfone groups is 1. The first kappa shape index (κ1) is 15.8. The van der Waals surface area contributed by atoms with E-state index in [1.54, 1.807) is 12.1 Å². The maximum absolute atomic E-state index is 11.6. The highest BCUT2D eigenvalue weighted by Gasteiger charge is 2.27. The lowest BCUT2D eigenvalue weighted by atomic mass is 9.73. The van der Waals surface area contributed by atoms with Crippen molar-refractivity contribution in [3.8, 4) is 0 Å². The second kappa shape index (κ2) is 5.64. The molecule has 0 amide bonds. The highest BCUT2D eigenvalue weighted by atomic mass is 32.2. The lowest BCUT2D eigenvalue weighted by Gasteiger charge is -2.32. The summed E-state index contributed by atoms with van der Waals surface area (Å²) in [6, 6.07) is 17.6. The molecule has 0 spiro atoms. The Balaban J connectivity index is 2.49. The van der Waals surface area contributed by atoms with Crippen LogP contribution in [0.15, 0.2) is 59.5 Å². The molecule has 21 heavy (non-hydrogen) atoms. The van der Waals surface area contributed by atoms with Crippen LogP contribution in [0.4, 0.5) is 0 Å². The van der Waals surface area contributed by atoms with Gasteiger partial charge in [-0.2, -0.15) is 0 Å². The van der Waals surface area contributed by atoms with Crippen molar-refractivity contribution >= 4 is 9.84 Å². The van der Waals surface area contributed by atoms with Crippen molar-refractivity contribution < 1.29 is 8.42 Å². The van der Waals surface area contributed by atoms with E-state index in [-0.39, 0.29) is 11.3 Å². The fourth-order valence-electron chi connectivity index (χ4n) is 2.75. The van der Waals surface area contributed by atoms with Crippen LogP contribution in [0.3, 0.4) is 0 Å². The summed E-state index contributed by atoms with van der Waals surface area (Å²) in [5.41, 5.74) is 2.44. The van der Waals surface area contributed by atoms with Crippen LogP contribution in [0.1, 0.15) is 37.8 Å². The largest absolute Gasteiger partial charge is 0.224 e. The standard InChI is InChI=1S/C18H22O2S/c1-18(2,3)17(14-8-6-5-7-9-14)15-10-12-16(13-11-15)21(4,19)20/h5-13,17H,1-4H3/t17-/m0/s1. The quantitative estimate of drug-likeness (QED) is 0.848. The van der Waals surface area contributed by atoms with E-state index in [9.17, 15) is 8.42 Å². The molecule has 0 unspecified atom stereocenters. The van der Waals surface area contributed by atoms with Crippen molar-refractivity contribution in [3.05, 3.63) is 65.7 Å². The van der Waals surface area contributed by atoms with Crippen molar-refractivity contribution in [1.82, 2.24) is 0 Å². The van der Waals surface area contributed by atoms with Gasteiger partial charge in [0.15, 0.2) is 9.84 Å². The lowest BCUT2D eigenvalue weighted by molar-refractivity contribution is 0.358. The zero-order valence-corrected chi connectivity index (χ0v) is 13.8. The number of rotatable bonds is 3. The minimum atomic E-state index is -3.15. The van der Waals surface area contributed by atoms with E-state index in [1.807, 2.05) is 30.3 Å². The summed E-state index contributed by atoms with van der Waals surface area (Å²) in [5, 5.41) is 0. The molecule has 0 aliphatic heterocycles. The van der Waals surface area contributed by atoms with E-state index < -0.39 is 9.84 Å². The second-order valence-corrected chi connectivity index (χ2v) is 8.57. The fourth-order valence-corrected chi connectivity index (χ4v) is 3.38. The Labute approximate surface area is 127 Å². The van der Waals surface area contributed by atoms with Gasteiger partial charge in [-0.25, -0.2) is 8.42 Å². The summed E-state index contributed by atoms with van der Waals surface area (Å²) >= 11 is 0. The monoisotopic (exact) mass is 302 g/mol. The van der Waals surface area contributed by atoms with E-state index in [4.69, 9.17) is 0 Å². The van der Waals surface area contributed by atoms with E-state index in [0.717, 1.165) is 5.56 Å². The van der Waals surface area contributed by atoms with Crippen LogP contribution < -0.4 is 0 Å². The Bertz CT molecular complexity index is 693. The van der Waals surface area contributed by atoms with Crippen LogP contribution in [0, 0.1) is 5.41 Å². The van der Waals surface area contributed by atoms with Gasteiger partial charge in [-0.05, 0) is 28.7 Å². The molecule has 0 N–H and O–H groups in total. The predicted octanol–water partition coefficient (Wildman–Crippen LogP) is 4.27. The summed E-state index contributed by atoms with van der Waals surface area (Å²) in [6.07, 6.45) is 1.24. The van der Waals surface area contributed by atoms with Gasteiger partial charge in [0.05, 0.1) is 4.90 Å². The molecule has 0 heterocycles. The van der Waals surface area contributed by atoms with Crippen molar-refractivity contribution in [2.24, 2.45) is 5.41 Å². The molecule has 1 atom stereocenters. The molecule has 0 aromatic heterocycles. The lowest BCUT2D eigenvalue weighted by Crippen LogP contribution is -2.19. The maximum atomic E-state index is 11.6. The summed E-state index contributed by atoms with van der Waals surface area (Å²) in [6.45, 7) is 6.61. The Kier molecular flexibility index (Phi) is 4.24. The van der Waals surface area contributed by atoms with Gasteiger partial charge in [0, 0.05) is 12.2 Å². The highest BCUT2D eigenvalue weighted by molar-refractivity contribution is 7.90. The van der Waals surface area contributed by atoms with Gasteiger partial charge in [0.2, 0.25) is 0 Å². The zero-order chi connectivity index (χ0) is 15.7. The van der Waals surface area contributed by atoms with Crippen LogP contribution in [0.2, 0.25) is 0 Å². The molecule has 0 aliphatic carbocycles. The molecule has 0 radical (unpaired) electrons. The predicted molar refractivity (Wildman–Crippen MR) is 87.3 cm³/mol.